The lowest BCUT2D eigenvalue weighted by atomic mass is 9.76. The molecule has 4 nitrogen and oxygen atoms in total. The van der Waals surface area contributed by atoms with Gasteiger partial charge in [-0.1, -0.05) is 13.8 Å². The summed E-state index contributed by atoms with van der Waals surface area (Å²) in [6, 6.07) is 1.76. The first-order valence-corrected chi connectivity index (χ1v) is 7.33. The van der Waals surface area contributed by atoms with Gasteiger partial charge in [0.05, 0.1) is 0 Å². The summed E-state index contributed by atoms with van der Waals surface area (Å²) in [5, 5.41) is 0. The molecule has 104 valence electrons. The minimum atomic E-state index is 0.286. The van der Waals surface area contributed by atoms with Crippen LogP contribution in [-0.2, 0) is 0 Å². The molecule has 0 saturated heterocycles. The number of anilines is 1. The van der Waals surface area contributed by atoms with Gasteiger partial charge in [0.25, 0.3) is 0 Å². The van der Waals surface area contributed by atoms with Gasteiger partial charge in [0, 0.05) is 12.0 Å². The molecule has 0 radical (unpaired) electrons. The van der Waals surface area contributed by atoms with Gasteiger partial charge in [-0.2, -0.15) is 4.98 Å². The van der Waals surface area contributed by atoms with Crippen molar-refractivity contribution < 1.29 is 4.74 Å². The Labute approximate surface area is 114 Å². The van der Waals surface area contributed by atoms with Crippen molar-refractivity contribution in [2.75, 3.05) is 5.73 Å². The van der Waals surface area contributed by atoms with Crippen molar-refractivity contribution in [3.63, 3.8) is 0 Å². The normalized spacial score (nSPS) is 23.3. The number of hydrogen-bond donors (Lipinski definition) is 1. The monoisotopic (exact) mass is 261 g/mol. The van der Waals surface area contributed by atoms with Crippen molar-refractivity contribution in [2.45, 2.75) is 64.4 Å². The molecule has 19 heavy (non-hydrogen) atoms. The Hall–Kier alpha value is -1.32. The van der Waals surface area contributed by atoms with E-state index in [0.29, 0.717) is 23.0 Å². The maximum atomic E-state index is 6.02. The van der Waals surface area contributed by atoms with E-state index < -0.39 is 0 Å². The van der Waals surface area contributed by atoms with E-state index in [4.69, 9.17) is 10.5 Å². The number of aromatic nitrogens is 2. The van der Waals surface area contributed by atoms with Crippen LogP contribution in [0.1, 0.15) is 64.1 Å². The topological polar surface area (TPSA) is 61.0 Å². The van der Waals surface area contributed by atoms with E-state index in [1.165, 1.54) is 25.7 Å². The molecular weight excluding hydrogens is 238 g/mol. The van der Waals surface area contributed by atoms with Crippen molar-refractivity contribution in [1.82, 2.24) is 9.97 Å². The van der Waals surface area contributed by atoms with Crippen LogP contribution in [-0.4, -0.2) is 16.1 Å². The van der Waals surface area contributed by atoms with Gasteiger partial charge < -0.3 is 10.5 Å². The van der Waals surface area contributed by atoms with Gasteiger partial charge in [0.15, 0.2) is 0 Å². The summed E-state index contributed by atoms with van der Waals surface area (Å²) in [5.74, 6) is 2.57. The molecule has 4 heteroatoms. The van der Waals surface area contributed by atoms with Crippen LogP contribution in [0.5, 0.6) is 5.88 Å². The summed E-state index contributed by atoms with van der Waals surface area (Å²) in [6.07, 6.45) is 7.29. The highest BCUT2D eigenvalue weighted by molar-refractivity contribution is 5.34. The predicted octanol–water partition coefficient (Wildman–Crippen LogP) is 3.28. The first-order chi connectivity index (χ1) is 9.02. The van der Waals surface area contributed by atoms with Crippen LogP contribution in [0.2, 0.25) is 0 Å². The van der Waals surface area contributed by atoms with Crippen LogP contribution in [0.15, 0.2) is 6.07 Å². The molecule has 3 rings (SSSR count). The molecule has 0 atom stereocenters. The average molecular weight is 261 g/mol. The lowest BCUT2D eigenvalue weighted by molar-refractivity contribution is 0.0946. The molecule has 2 N–H and O–H groups in total. The number of hydrogen-bond acceptors (Lipinski definition) is 4. The van der Waals surface area contributed by atoms with E-state index >= 15 is 0 Å². The molecular formula is C15H23N3O. The van der Waals surface area contributed by atoms with E-state index in [2.05, 4.69) is 23.8 Å². The Balaban J connectivity index is 1.66. The zero-order valence-corrected chi connectivity index (χ0v) is 11.9. The van der Waals surface area contributed by atoms with Crippen LogP contribution in [0, 0.1) is 5.41 Å². The minimum Gasteiger partial charge on any atom is -0.474 e. The average Bonchev–Trinajstić information content (AvgIpc) is 3.15. The van der Waals surface area contributed by atoms with Crippen molar-refractivity contribution >= 4 is 5.82 Å². The SMILES string of the molecule is CC1(C)CCC(Oc2cc(N)nc(C3CC3)n2)CC1. The quantitative estimate of drug-likeness (QED) is 0.907. The van der Waals surface area contributed by atoms with E-state index in [1.807, 2.05) is 0 Å². The lowest BCUT2D eigenvalue weighted by Gasteiger charge is -2.34. The van der Waals surface area contributed by atoms with Gasteiger partial charge in [-0.25, -0.2) is 4.98 Å². The van der Waals surface area contributed by atoms with Crippen LogP contribution in [0.4, 0.5) is 5.82 Å². The number of nitrogens with two attached hydrogens (primary N) is 1. The molecule has 0 bridgehead atoms. The van der Waals surface area contributed by atoms with E-state index in [9.17, 15) is 0 Å². The molecule has 1 aromatic rings. The summed E-state index contributed by atoms with van der Waals surface area (Å²) in [7, 11) is 0. The molecule has 1 aromatic heterocycles. The molecule has 0 unspecified atom stereocenters. The fourth-order valence-electron chi connectivity index (χ4n) is 2.71. The van der Waals surface area contributed by atoms with E-state index in [1.54, 1.807) is 6.07 Å². The van der Waals surface area contributed by atoms with E-state index in [0.717, 1.165) is 18.7 Å². The summed E-state index contributed by atoms with van der Waals surface area (Å²) in [6.45, 7) is 4.66. The third-order valence-electron chi connectivity index (χ3n) is 4.26. The van der Waals surface area contributed by atoms with E-state index in [-0.39, 0.29) is 6.10 Å². The van der Waals surface area contributed by atoms with Crippen LogP contribution >= 0.6 is 0 Å². The second kappa shape index (κ2) is 4.66. The van der Waals surface area contributed by atoms with Crippen molar-refractivity contribution in [2.24, 2.45) is 5.41 Å². The Morgan fingerprint density at radius 1 is 1.16 bits per heavy atom. The second-order valence-corrected chi connectivity index (χ2v) is 6.74. The number of ether oxygens (including phenoxy) is 1. The Bertz CT molecular complexity index is 458. The predicted molar refractivity (Wildman–Crippen MR) is 75.1 cm³/mol. The largest absolute Gasteiger partial charge is 0.474 e. The molecule has 0 amide bonds. The fraction of sp³-hybridized carbons (Fsp3) is 0.733. The zero-order valence-electron chi connectivity index (χ0n) is 11.9. The highest BCUT2D eigenvalue weighted by atomic mass is 16.5. The van der Waals surface area contributed by atoms with Gasteiger partial charge in [0.2, 0.25) is 5.88 Å². The third kappa shape index (κ3) is 3.17. The van der Waals surface area contributed by atoms with Crippen LogP contribution in [0.3, 0.4) is 0 Å². The molecule has 2 aliphatic carbocycles. The maximum Gasteiger partial charge on any atom is 0.219 e. The van der Waals surface area contributed by atoms with Crippen LogP contribution < -0.4 is 10.5 Å². The smallest absolute Gasteiger partial charge is 0.219 e. The maximum absolute atomic E-state index is 6.02. The Kier molecular flexibility index (Phi) is 3.11. The highest BCUT2D eigenvalue weighted by Crippen LogP contribution is 2.40. The Morgan fingerprint density at radius 2 is 1.84 bits per heavy atom. The van der Waals surface area contributed by atoms with Crippen molar-refractivity contribution in [3.05, 3.63) is 11.9 Å². The number of rotatable bonds is 3. The van der Waals surface area contributed by atoms with Gasteiger partial charge >= 0.3 is 0 Å². The van der Waals surface area contributed by atoms with Gasteiger partial charge in [-0.3, -0.25) is 0 Å². The standard InChI is InChI=1S/C15H23N3O/c1-15(2)7-5-11(6-8-15)19-13-9-12(16)17-14(18-13)10-3-4-10/h9-11H,3-8H2,1-2H3,(H2,16,17,18). The molecule has 0 aromatic carbocycles. The van der Waals surface area contributed by atoms with Gasteiger partial charge in [-0.05, 0) is 43.9 Å². The third-order valence-corrected chi connectivity index (χ3v) is 4.26. The summed E-state index contributed by atoms with van der Waals surface area (Å²) >= 11 is 0. The molecule has 2 aliphatic rings. The molecule has 0 spiro atoms. The summed E-state index contributed by atoms with van der Waals surface area (Å²) in [4.78, 5) is 8.81. The molecule has 1 heterocycles. The Morgan fingerprint density at radius 3 is 2.47 bits per heavy atom. The lowest BCUT2D eigenvalue weighted by Crippen LogP contribution is -2.28. The molecule has 2 saturated carbocycles. The summed E-state index contributed by atoms with van der Waals surface area (Å²) < 4.78 is 6.02. The summed E-state index contributed by atoms with van der Waals surface area (Å²) in [5.41, 5.74) is 6.30. The van der Waals surface area contributed by atoms with Crippen molar-refractivity contribution in [1.29, 1.82) is 0 Å². The second-order valence-electron chi connectivity index (χ2n) is 6.74. The highest BCUT2D eigenvalue weighted by Gasteiger charge is 2.30. The minimum absolute atomic E-state index is 0.286. The fourth-order valence-corrected chi connectivity index (χ4v) is 2.71. The number of nitrogen functional groups attached to an aromatic ring is 1. The van der Waals surface area contributed by atoms with Gasteiger partial charge in [-0.15, -0.1) is 0 Å². The first-order valence-electron chi connectivity index (χ1n) is 7.33. The molecule has 0 aliphatic heterocycles. The first kappa shape index (κ1) is 12.7. The number of nitrogens with zero attached hydrogens (tertiary/aromatic N) is 2. The van der Waals surface area contributed by atoms with Crippen molar-refractivity contribution in [3.8, 4) is 5.88 Å². The zero-order chi connectivity index (χ0) is 13.5. The van der Waals surface area contributed by atoms with Gasteiger partial charge in [0.1, 0.15) is 17.7 Å². The van der Waals surface area contributed by atoms with Crippen LogP contribution in [0.25, 0.3) is 0 Å². The molecule has 2 fully saturated rings.